The summed E-state index contributed by atoms with van der Waals surface area (Å²) < 4.78 is 5.24. The van der Waals surface area contributed by atoms with Gasteiger partial charge in [-0.2, -0.15) is 0 Å². The Morgan fingerprint density at radius 2 is 1.45 bits per heavy atom. The van der Waals surface area contributed by atoms with Gasteiger partial charge in [-0.25, -0.2) is 4.79 Å². The fraction of sp³-hybridized carbons (Fsp3) is 0.222. The minimum atomic E-state index is -1.68. The first-order valence-electron chi connectivity index (χ1n) is 6.97. The summed E-state index contributed by atoms with van der Waals surface area (Å²) in [6.45, 7) is 1.40. The number of ketones is 1. The van der Waals surface area contributed by atoms with E-state index >= 15 is 0 Å². The number of carbonyl (C=O) groups is 2. The van der Waals surface area contributed by atoms with E-state index in [9.17, 15) is 9.59 Å². The van der Waals surface area contributed by atoms with E-state index in [0.717, 1.165) is 11.1 Å². The first-order chi connectivity index (χ1) is 10.5. The summed E-state index contributed by atoms with van der Waals surface area (Å²) in [4.78, 5) is 22.5. The molecule has 0 aliphatic carbocycles. The predicted molar refractivity (Wildman–Crippen MR) is 85.6 cm³/mol. The first kappa shape index (κ1) is 16.2. The van der Waals surface area contributed by atoms with E-state index in [1.165, 1.54) is 6.92 Å². The Morgan fingerprint density at radius 3 is 1.95 bits per heavy atom. The maximum absolute atomic E-state index is 12.3. The van der Waals surface area contributed by atoms with Gasteiger partial charge in [-0.05, 0) is 18.1 Å². The molecule has 0 saturated heterocycles. The van der Waals surface area contributed by atoms with Gasteiger partial charge in [-0.3, -0.25) is 4.79 Å². The smallest absolute Gasteiger partial charge is 0.335 e. The van der Waals surface area contributed by atoms with Crippen molar-refractivity contribution in [2.24, 2.45) is 0 Å². The maximum atomic E-state index is 12.3. The SMILES string of the molecule is CC(=O)C(Cl)(Cc1ccccc1)C(=O)OCc1ccccc1. The van der Waals surface area contributed by atoms with E-state index in [4.69, 9.17) is 16.3 Å². The van der Waals surface area contributed by atoms with Crippen LogP contribution in [0.4, 0.5) is 0 Å². The zero-order chi connectivity index (χ0) is 16.0. The van der Waals surface area contributed by atoms with E-state index in [2.05, 4.69) is 0 Å². The zero-order valence-electron chi connectivity index (χ0n) is 12.3. The Kier molecular flexibility index (Phi) is 5.34. The monoisotopic (exact) mass is 316 g/mol. The number of Topliss-reactive ketones (excluding diaryl/α,β-unsaturated/α-hetero) is 1. The Balaban J connectivity index is 2.09. The summed E-state index contributed by atoms with van der Waals surface area (Å²) in [5.74, 6) is -1.13. The summed E-state index contributed by atoms with van der Waals surface area (Å²) in [7, 11) is 0. The fourth-order valence-electron chi connectivity index (χ4n) is 2.06. The molecule has 2 aromatic rings. The van der Waals surface area contributed by atoms with Crippen molar-refractivity contribution in [3.8, 4) is 0 Å². The van der Waals surface area contributed by atoms with Gasteiger partial charge in [0.15, 0.2) is 5.78 Å². The van der Waals surface area contributed by atoms with Crippen LogP contribution in [0.25, 0.3) is 0 Å². The van der Waals surface area contributed by atoms with Crippen molar-refractivity contribution in [2.75, 3.05) is 0 Å². The third kappa shape index (κ3) is 3.95. The molecule has 22 heavy (non-hydrogen) atoms. The van der Waals surface area contributed by atoms with Crippen molar-refractivity contribution in [3.05, 3.63) is 71.8 Å². The maximum Gasteiger partial charge on any atom is 0.335 e. The Labute approximate surface area is 134 Å². The fourth-order valence-corrected chi connectivity index (χ4v) is 2.26. The van der Waals surface area contributed by atoms with Crippen molar-refractivity contribution in [2.45, 2.75) is 24.8 Å². The number of alkyl halides is 1. The molecule has 0 spiro atoms. The van der Waals surface area contributed by atoms with Crippen molar-refractivity contribution in [1.82, 2.24) is 0 Å². The lowest BCUT2D eigenvalue weighted by Crippen LogP contribution is -2.43. The molecule has 4 heteroatoms. The van der Waals surface area contributed by atoms with Crippen LogP contribution in [0.2, 0.25) is 0 Å². The molecule has 0 aliphatic rings. The number of ether oxygens (including phenoxy) is 1. The van der Waals surface area contributed by atoms with Crippen molar-refractivity contribution in [1.29, 1.82) is 0 Å². The lowest BCUT2D eigenvalue weighted by molar-refractivity contribution is -0.150. The van der Waals surface area contributed by atoms with Crippen LogP contribution < -0.4 is 0 Å². The molecule has 3 nitrogen and oxygen atoms in total. The highest BCUT2D eigenvalue weighted by atomic mass is 35.5. The highest BCUT2D eigenvalue weighted by Crippen LogP contribution is 2.25. The van der Waals surface area contributed by atoms with Crippen LogP contribution in [0.3, 0.4) is 0 Å². The van der Waals surface area contributed by atoms with E-state index in [1.807, 2.05) is 60.7 Å². The lowest BCUT2D eigenvalue weighted by atomic mass is 9.95. The highest BCUT2D eigenvalue weighted by molar-refractivity contribution is 6.45. The molecule has 1 unspecified atom stereocenters. The number of esters is 1. The molecule has 2 aromatic carbocycles. The largest absolute Gasteiger partial charge is 0.459 e. The predicted octanol–water partition coefficient (Wildman–Crippen LogP) is 3.54. The second kappa shape index (κ2) is 7.23. The normalized spacial score (nSPS) is 13.2. The number of rotatable bonds is 6. The third-order valence-corrected chi connectivity index (χ3v) is 3.94. The molecule has 1 atom stereocenters. The first-order valence-corrected chi connectivity index (χ1v) is 7.35. The quantitative estimate of drug-likeness (QED) is 0.465. The standard InChI is InChI=1S/C18H17ClO3/c1-14(20)18(19,12-15-8-4-2-5-9-15)17(21)22-13-16-10-6-3-7-11-16/h2-11H,12-13H2,1H3. The minimum absolute atomic E-state index is 0.0935. The molecule has 114 valence electrons. The second-order valence-corrected chi connectivity index (χ2v) is 5.73. The number of carbonyl (C=O) groups excluding carboxylic acids is 2. The lowest BCUT2D eigenvalue weighted by Gasteiger charge is -2.22. The van der Waals surface area contributed by atoms with Gasteiger partial charge in [0.25, 0.3) is 0 Å². The Morgan fingerprint density at radius 1 is 0.955 bits per heavy atom. The third-order valence-electron chi connectivity index (χ3n) is 3.38. The summed E-state index contributed by atoms with van der Waals surface area (Å²) in [6, 6.07) is 18.4. The van der Waals surface area contributed by atoms with Crippen LogP contribution >= 0.6 is 11.6 Å². The van der Waals surface area contributed by atoms with Crippen LogP contribution in [-0.2, 0) is 27.4 Å². The van der Waals surface area contributed by atoms with Crippen molar-refractivity contribution < 1.29 is 14.3 Å². The molecule has 0 radical (unpaired) electrons. The van der Waals surface area contributed by atoms with Gasteiger partial charge in [-0.1, -0.05) is 72.3 Å². The minimum Gasteiger partial charge on any atom is -0.459 e. The van der Waals surface area contributed by atoms with Gasteiger partial charge in [0, 0.05) is 6.42 Å². The van der Waals surface area contributed by atoms with Crippen LogP contribution in [0.5, 0.6) is 0 Å². The van der Waals surface area contributed by atoms with Gasteiger partial charge < -0.3 is 4.74 Å². The molecule has 0 bridgehead atoms. The summed E-state index contributed by atoms with van der Waals surface area (Å²) in [5, 5.41) is 0. The average Bonchev–Trinajstić information content (AvgIpc) is 2.54. The van der Waals surface area contributed by atoms with E-state index in [-0.39, 0.29) is 13.0 Å². The number of hydrogen-bond acceptors (Lipinski definition) is 3. The molecular weight excluding hydrogens is 300 g/mol. The Hall–Kier alpha value is -2.13. The zero-order valence-corrected chi connectivity index (χ0v) is 13.0. The molecule has 0 aliphatic heterocycles. The summed E-state index contributed by atoms with van der Waals surface area (Å²) in [5.41, 5.74) is 1.66. The summed E-state index contributed by atoms with van der Waals surface area (Å²) in [6.07, 6.45) is 0.109. The molecule has 0 saturated carbocycles. The van der Waals surface area contributed by atoms with Crippen molar-refractivity contribution >= 4 is 23.4 Å². The van der Waals surface area contributed by atoms with E-state index < -0.39 is 16.6 Å². The number of benzene rings is 2. The summed E-state index contributed by atoms with van der Waals surface area (Å²) >= 11 is 6.30. The van der Waals surface area contributed by atoms with Crippen LogP contribution in [-0.4, -0.2) is 16.6 Å². The van der Waals surface area contributed by atoms with Crippen LogP contribution in [0.1, 0.15) is 18.1 Å². The van der Waals surface area contributed by atoms with Gasteiger partial charge in [0.1, 0.15) is 6.61 Å². The topological polar surface area (TPSA) is 43.4 Å². The molecule has 0 heterocycles. The van der Waals surface area contributed by atoms with Gasteiger partial charge in [0.2, 0.25) is 4.87 Å². The van der Waals surface area contributed by atoms with E-state index in [0.29, 0.717) is 0 Å². The number of halogens is 1. The molecule has 0 amide bonds. The second-order valence-electron chi connectivity index (χ2n) is 5.08. The Bertz CT molecular complexity index is 640. The average molecular weight is 317 g/mol. The highest BCUT2D eigenvalue weighted by Gasteiger charge is 2.43. The van der Waals surface area contributed by atoms with Crippen LogP contribution in [0.15, 0.2) is 60.7 Å². The van der Waals surface area contributed by atoms with Crippen LogP contribution in [0, 0.1) is 0 Å². The van der Waals surface area contributed by atoms with Gasteiger partial charge in [0.05, 0.1) is 0 Å². The molecular formula is C18H17ClO3. The van der Waals surface area contributed by atoms with E-state index in [1.54, 1.807) is 0 Å². The molecule has 0 N–H and O–H groups in total. The van der Waals surface area contributed by atoms with Gasteiger partial charge in [-0.15, -0.1) is 0 Å². The number of hydrogen-bond donors (Lipinski definition) is 0. The van der Waals surface area contributed by atoms with Gasteiger partial charge >= 0.3 is 5.97 Å². The molecule has 0 fully saturated rings. The molecule has 0 aromatic heterocycles. The van der Waals surface area contributed by atoms with Crippen molar-refractivity contribution in [3.63, 3.8) is 0 Å². The molecule has 2 rings (SSSR count).